The van der Waals surface area contributed by atoms with Crippen LogP contribution in [0.4, 0.5) is 4.79 Å². The zero-order valence-electron chi connectivity index (χ0n) is 15.5. The number of hydrogen-bond acceptors (Lipinski definition) is 3. The van der Waals surface area contributed by atoms with Gasteiger partial charge in [-0.1, -0.05) is 31.2 Å². The molecule has 3 N–H and O–H groups in total. The van der Waals surface area contributed by atoms with E-state index in [1.807, 2.05) is 18.2 Å². The highest BCUT2D eigenvalue weighted by Gasteiger charge is 2.23. The van der Waals surface area contributed by atoms with Gasteiger partial charge < -0.3 is 5.32 Å². The van der Waals surface area contributed by atoms with Gasteiger partial charge in [-0.3, -0.25) is 10.2 Å². The van der Waals surface area contributed by atoms with Crippen molar-refractivity contribution in [3.8, 4) is 0 Å². The number of hydrazine groups is 1. The maximum absolute atomic E-state index is 12.4. The third-order valence-corrected chi connectivity index (χ3v) is 6.75. The van der Waals surface area contributed by atoms with Crippen molar-refractivity contribution in [2.75, 3.05) is 0 Å². The Morgan fingerprint density at radius 3 is 2.81 bits per heavy atom. The predicted molar refractivity (Wildman–Crippen MR) is 107 cm³/mol. The van der Waals surface area contributed by atoms with Crippen molar-refractivity contribution >= 4 is 23.3 Å². The molecule has 27 heavy (non-hydrogen) atoms. The van der Waals surface area contributed by atoms with Gasteiger partial charge in [-0.05, 0) is 67.2 Å². The van der Waals surface area contributed by atoms with E-state index in [9.17, 15) is 9.59 Å². The molecule has 0 aliphatic heterocycles. The van der Waals surface area contributed by atoms with Crippen LogP contribution in [0.15, 0.2) is 30.3 Å². The van der Waals surface area contributed by atoms with Gasteiger partial charge in [0.2, 0.25) is 0 Å². The Kier molecular flexibility index (Phi) is 5.16. The minimum absolute atomic E-state index is 0.0117. The molecule has 0 bridgehead atoms. The van der Waals surface area contributed by atoms with Gasteiger partial charge in [0.15, 0.2) is 0 Å². The summed E-state index contributed by atoms with van der Waals surface area (Å²) in [6.45, 7) is 2.25. The summed E-state index contributed by atoms with van der Waals surface area (Å²) in [5.74, 6) is 0.423. The molecule has 2 aliphatic carbocycles. The molecule has 0 spiro atoms. The molecule has 5 nitrogen and oxygen atoms in total. The Balaban J connectivity index is 1.33. The fourth-order valence-corrected chi connectivity index (χ4v) is 5.19. The van der Waals surface area contributed by atoms with Crippen molar-refractivity contribution in [2.24, 2.45) is 5.92 Å². The van der Waals surface area contributed by atoms with Gasteiger partial charge in [0.05, 0.1) is 10.9 Å². The SMILES string of the molecule is CC1CCc2sc(C(=O)NNC(=O)NC3CCCc4ccccc43)cc2C1. The molecule has 0 saturated carbocycles. The first-order valence-corrected chi connectivity index (χ1v) is 10.5. The highest BCUT2D eigenvalue weighted by Crippen LogP contribution is 2.32. The van der Waals surface area contributed by atoms with Crippen LogP contribution >= 0.6 is 11.3 Å². The average Bonchev–Trinajstić information content (AvgIpc) is 3.09. The van der Waals surface area contributed by atoms with Gasteiger partial charge >= 0.3 is 6.03 Å². The van der Waals surface area contributed by atoms with Crippen LogP contribution < -0.4 is 16.2 Å². The minimum Gasteiger partial charge on any atom is -0.330 e. The van der Waals surface area contributed by atoms with Gasteiger partial charge in [0.25, 0.3) is 5.91 Å². The molecule has 3 amide bonds. The van der Waals surface area contributed by atoms with E-state index in [1.165, 1.54) is 39.3 Å². The molecule has 1 heterocycles. The summed E-state index contributed by atoms with van der Waals surface area (Å²) in [6, 6.07) is 9.79. The number of hydrogen-bond donors (Lipinski definition) is 3. The first-order valence-electron chi connectivity index (χ1n) is 9.66. The normalized spacial score (nSPS) is 20.9. The van der Waals surface area contributed by atoms with E-state index in [2.05, 4.69) is 35.2 Å². The second-order valence-corrected chi connectivity index (χ2v) is 8.74. The summed E-state index contributed by atoms with van der Waals surface area (Å²) < 4.78 is 0. The highest BCUT2D eigenvalue weighted by atomic mass is 32.1. The van der Waals surface area contributed by atoms with Gasteiger partial charge in [0.1, 0.15) is 0 Å². The zero-order chi connectivity index (χ0) is 18.8. The smallest absolute Gasteiger partial charge is 0.330 e. The molecule has 4 rings (SSSR count). The summed E-state index contributed by atoms with van der Waals surface area (Å²) >= 11 is 1.54. The molecular weight excluding hydrogens is 358 g/mol. The van der Waals surface area contributed by atoms with Crippen molar-refractivity contribution in [1.29, 1.82) is 0 Å². The number of fused-ring (bicyclic) bond motifs is 2. The summed E-state index contributed by atoms with van der Waals surface area (Å²) in [5, 5.41) is 2.98. The molecule has 0 radical (unpaired) electrons. The number of amides is 3. The Hall–Kier alpha value is -2.34. The topological polar surface area (TPSA) is 70.2 Å². The predicted octanol–water partition coefficient (Wildman–Crippen LogP) is 3.89. The standard InChI is InChI=1S/C21H25N3O2S/c1-13-9-10-18-15(11-13)12-19(27-18)20(25)23-24-21(26)22-17-8-4-6-14-5-2-3-7-16(14)17/h2-3,5,7,12-13,17H,4,6,8-11H2,1H3,(H,23,25)(H2,22,24,26). The largest absolute Gasteiger partial charge is 0.333 e. The van der Waals surface area contributed by atoms with Crippen LogP contribution in [0, 0.1) is 5.92 Å². The Labute approximate surface area is 163 Å². The van der Waals surface area contributed by atoms with Gasteiger partial charge in [-0.2, -0.15) is 0 Å². The lowest BCUT2D eigenvalue weighted by molar-refractivity contribution is 0.0939. The van der Waals surface area contributed by atoms with Crippen molar-refractivity contribution < 1.29 is 9.59 Å². The number of nitrogens with one attached hydrogen (secondary N) is 3. The monoisotopic (exact) mass is 383 g/mol. The molecule has 1 aromatic heterocycles. The zero-order valence-corrected chi connectivity index (χ0v) is 16.3. The lowest BCUT2D eigenvalue weighted by Crippen LogP contribution is -2.48. The maximum atomic E-state index is 12.4. The lowest BCUT2D eigenvalue weighted by Gasteiger charge is -2.26. The number of thiophene rings is 1. The summed E-state index contributed by atoms with van der Waals surface area (Å²) in [7, 11) is 0. The van der Waals surface area contributed by atoms with E-state index >= 15 is 0 Å². The molecule has 6 heteroatoms. The van der Waals surface area contributed by atoms with E-state index in [-0.39, 0.29) is 18.0 Å². The minimum atomic E-state index is -0.375. The molecule has 0 saturated heterocycles. The number of benzene rings is 1. The van der Waals surface area contributed by atoms with E-state index in [1.54, 1.807) is 0 Å². The quantitative estimate of drug-likeness (QED) is 0.689. The van der Waals surface area contributed by atoms with E-state index in [0.717, 1.165) is 32.1 Å². The first-order chi connectivity index (χ1) is 13.1. The molecule has 2 unspecified atom stereocenters. The van der Waals surface area contributed by atoms with Crippen LogP contribution in [0.1, 0.15) is 63.5 Å². The van der Waals surface area contributed by atoms with Crippen molar-refractivity contribution in [1.82, 2.24) is 16.2 Å². The number of carbonyl (C=O) groups excluding carboxylic acids is 2. The fourth-order valence-electron chi connectivity index (χ4n) is 4.09. The molecular formula is C21H25N3O2S. The lowest BCUT2D eigenvalue weighted by atomic mass is 9.88. The van der Waals surface area contributed by atoms with E-state index in [0.29, 0.717) is 10.8 Å². The summed E-state index contributed by atoms with van der Waals surface area (Å²) in [4.78, 5) is 26.6. The van der Waals surface area contributed by atoms with Crippen LogP contribution in [-0.4, -0.2) is 11.9 Å². The Morgan fingerprint density at radius 2 is 1.93 bits per heavy atom. The van der Waals surface area contributed by atoms with Crippen molar-refractivity contribution in [3.05, 3.63) is 56.8 Å². The van der Waals surface area contributed by atoms with Crippen LogP contribution in [0.25, 0.3) is 0 Å². The average molecular weight is 384 g/mol. The number of rotatable bonds is 2. The maximum Gasteiger partial charge on any atom is 0.333 e. The van der Waals surface area contributed by atoms with Crippen molar-refractivity contribution in [3.63, 3.8) is 0 Å². The summed E-state index contributed by atoms with van der Waals surface area (Å²) in [5.41, 5.74) is 8.79. The van der Waals surface area contributed by atoms with Gasteiger partial charge in [-0.15, -0.1) is 11.3 Å². The van der Waals surface area contributed by atoms with Crippen LogP contribution in [-0.2, 0) is 19.3 Å². The van der Waals surface area contributed by atoms with Crippen LogP contribution in [0.2, 0.25) is 0 Å². The number of carbonyl (C=O) groups is 2. The first kappa shape index (κ1) is 18.0. The Bertz CT molecular complexity index is 861. The van der Waals surface area contributed by atoms with Crippen LogP contribution in [0.3, 0.4) is 0 Å². The van der Waals surface area contributed by atoms with E-state index < -0.39 is 0 Å². The Morgan fingerprint density at radius 1 is 1.07 bits per heavy atom. The van der Waals surface area contributed by atoms with Crippen LogP contribution in [0.5, 0.6) is 0 Å². The third kappa shape index (κ3) is 4.00. The fraction of sp³-hybridized carbons (Fsp3) is 0.429. The number of aryl methyl sites for hydroxylation is 2. The number of urea groups is 1. The molecule has 2 aromatic rings. The molecule has 0 fully saturated rings. The van der Waals surface area contributed by atoms with Gasteiger partial charge in [-0.25, -0.2) is 10.2 Å². The molecule has 2 aliphatic rings. The second-order valence-electron chi connectivity index (χ2n) is 7.60. The van der Waals surface area contributed by atoms with Crippen molar-refractivity contribution in [2.45, 2.75) is 51.5 Å². The molecule has 2 atom stereocenters. The highest BCUT2D eigenvalue weighted by molar-refractivity contribution is 7.14. The second kappa shape index (κ2) is 7.72. The van der Waals surface area contributed by atoms with Gasteiger partial charge in [0, 0.05) is 4.88 Å². The molecule has 1 aromatic carbocycles. The van der Waals surface area contributed by atoms with E-state index in [4.69, 9.17) is 0 Å². The molecule has 142 valence electrons. The third-order valence-electron chi connectivity index (χ3n) is 5.52. The summed E-state index contributed by atoms with van der Waals surface area (Å²) in [6.07, 6.45) is 6.27.